The topological polar surface area (TPSA) is 57.6 Å². The van der Waals surface area contributed by atoms with Crippen molar-refractivity contribution < 1.29 is 27.9 Å². The number of alkyl halides is 4. The van der Waals surface area contributed by atoms with Gasteiger partial charge in [0.05, 0.1) is 35.3 Å². The molecule has 0 spiro atoms. The molecule has 8 heteroatoms. The molecule has 2 rings (SSSR count). The zero-order chi connectivity index (χ0) is 15.1. The number of anilines is 1. The lowest BCUT2D eigenvalue weighted by Gasteiger charge is -2.19. The molecule has 0 bridgehead atoms. The maximum absolute atomic E-state index is 12.6. The van der Waals surface area contributed by atoms with Gasteiger partial charge >= 0.3 is 6.18 Å². The molecule has 0 aromatic heterocycles. The van der Waals surface area contributed by atoms with Crippen LogP contribution in [-0.4, -0.2) is 35.3 Å². The molecular formula is C12H9ClF3NO3. The van der Waals surface area contributed by atoms with Crippen LogP contribution in [0.1, 0.15) is 15.9 Å². The van der Waals surface area contributed by atoms with Crippen molar-refractivity contribution >= 4 is 29.0 Å². The third-order valence-electron chi connectivity index (χ3n) is 2.87. The number of benzene rings is 1. The minimum atomic E-state index is -4.60. The molecule has 1 aliphatic heterocycles. The fourth-order valence-corrected chi connectivity index (χ4v) is 2.02. The van der Waals surface area contributed by atoms with E-state index in [0.29, 0.717) is 6.07 Å². The zero-order valence-corrected chi connectivity index (χ0v) is 10.7. The molecule has 0 saturated carbocycles. The van der Waals surface area contributed by atoms with Crippen LogP contribution in [0.4, 0.5) is 18.9 Å². The quantitative estimate of drug-likeness (QED) is 0.685. The number of nitrogens with zero attached hydrogens (tertiary/aromatic N) is 1. The predicted molar refractivity (Wildman–Crippen MR) is 64.9 cm³/mol. The highest BCUT2D eigenvalue weighted by Crippen LogP contribution is 2.36. The molecule has 0 saturated heterocycles. The predicted octanol–water partition coefficient (Wildman–Crippen LogP) is 1.83. The smallest absolute Gasteiger partial charge is 0.390 e. The first kappa shape index (κ1) is 14.8. The second-order valence-electron chi connectivity index (χ2n) is 4.28. The fraction of sp³-hybridized carbons (Fsp3) is 0.333. The van der Waals surface area contributed by atoms with Gasteiger partial charge in [0.15, 0.2) is 0 Å². The van der Waals surface area contributed by atoms with E-state index < -0.39 is 29.5 Å². The summed E-state index contributed by atoms with van der Waals surface area (Å²) in [4.78, 5) is 24.3. The number of carbonyl (C=O) groups excluding carboxylic acids is 2. The first-order valence-electron chi connectivity index (χ1n) is 5.57. The Labute approximate surface area is 116 Å². The standard InChI is InChI=1S/C12H9ClF3NO3/c13-4-7(18)5-17-9-2-1-6(12(14,15)16)3-8(9)10(19)11(17)20/h1-3,7,18H,4-5H2. The zero-order valence-electron chi connectivity index (χ0n) is 9.95. The molecule has 1 N–H and O–H groups in total. The lowest BCUT2D eigenvalue weighted by atomic mass is 10.1. The highest BCUT2D eigenvalue weighted by Gasteiger charge is 2.39. The van der Waals surface area contributed by atoms with Gasteiger partial charge in [-0.05, 0) is 18.2 Å². The van der Waals surface area contributed by atoms with Crippen LogP contribution >= 0.6 is 11.6 Å². The van der Waals surface area contributed by atoms with Crippen LogP contribution in [0.25, 0.3) is 0 Å². The summed E-state index contributed by atoms with van der Waals surface area (Å²) in [6, 6.07) is 2.47. The normalized spacial score (nSPS) is 16.6. The summed E-state index contributed by atoms with van der Waals surface area (Å²) in [5.41, 5.74) is -1.26. The fourth-order valence-electron chi connectivity index (χ4n) is 1.92. The lowest BCUT2D eigenvalue weighted by molar-refractivity contribution is -0.137. The molecular weight excluding hydrogens is 299 g/mol. The number of hydrogen-bond donors (Lipinski definition) is 1. The number of Topliss-reactive ketones (excluding diaryl/α,β-unsaturated/α-hetero) is 1. The van der Waals surface area contributed by atoms with Crippen molar-refractivity contribution in [1.29, 1.82) is 0 Å². The van der Waals surface area contributed by atoms with E-state index in [9.17, 15) is 27.9 Å². The number of fused-ring (bicyclic) bond motifs is 1. The average molecular weight is 308 g/mol. The van der Waals surface area contributed by atoms with Gasteiger partial charge < -0.3 is 10.0 Å². The van der Waals surface area contributed by atoms with E-state index in [0.717, 1.165) is 17.0 Å². The summed E-state index contributed by atoms with van der Waals surface area (Å²) >= 11 is 5.41. The van der Waals surface area contributed by atoms with Crippen LogP contribution in [0.15, 0.2) is 18.2 Å². The first-order chi connectivity index (χ1) is 9.25. The second kappa shape index (κ2) is 5.06. The Balaban J connectivity index is 2.42. The van der Waals surface area contributed by atoms with E-state index in [4.69, 9.17) is 11.6 Å². The summed E-state index contributed by atoms with van der Waals surface area (Å²) in [5, 5.41) is 9.41. The van der Waals surface area contributed by atoms with Gasteiger partial charge in [0.25, 0.3) is 11.7 Å². The van der Waals surface area contributed by atoms with Crippen LogP contribution in [0.5, 0.6) is 0 Å². The van der Waals surface area contributed by atoms with Crippen molar-refractivity contribution in [2.45, 2.75) is 12.3 Å². The van der Waals surface area contributed by atoms with Gasteiger partial charge in [0, 0.05) is 0 Å². The van der Waals surface area contributed by atoms with Crippen molar-refractivity contribution in [3.05, 3.63) is 29.3 Å². The van der Waals surface area contributed by atoms with Gasteiger partial charge in [-0.25, -0.2) is 0 Å². The molecule has 1 atom stereocenters. The molecule has 4 nitrogen and oxygen atoms in total. The molecule has 0 radical (unpaired) electrons. The largest absolute Gasteiger partial charge is 0.416 e. The SMILES string of the molecule is O=C1C(=O)N(CC(O)CCl)c2ccc(C(F)(F)F)cc21. The highest BCUT2D eigenvalue weighted by atomic mass is 35.5. The van der Waals surface area contributed by atoms with Gasteiger partial charge in [-0.3, -0.25) is 9.59 Å². The van der Waals surface area contributed by atoms with E-state index in [1.807, 2.05) is 0 Å². The molecule has 20 heavy (non-hydrogen) atoms. The molecule has 1 heterocycles. The van der Waals surface area contributed by atoms with Crippen molar-refractivity contribution in [2.75, 3.05) is 17.3 Å². The van der Waals surface area contributed by atoms with Gasteiger partial charge in [-0.2, -0.15) is 13.2 Å². The van der Waals surface area contributed by atoms with Crippen LogP contribution in [-0.2, 0) is 11.0 Å². The Morgan fingerprint density at radius 1 is 1.30 bits per heavy atom. The number of aliphatic hydroxyl groups excluding tert-OH is 1. The van der Waals surface area contributed by atoms with Crippen molar-refractivity contribution in [2.24, 2.45) is 0 Å². The molecule has 0 fully saturated rings. The molecule has 0 aliphatic carbocycles. The van der Waals surface area contributed by atoms with Gasteiger partial charge in [-0.15, -0.1) is 11.6 Å². The Morgan fingerprint density at radius 2 is 1.95 bits per heavy atom. The minimum Gasteiger partial charge on any atom is -0.390 e. The Hall–Kier alpha value is -1.60. The third kappa shape index (κ3) is 2.51. The molecule has 108 valence electrons. The summed E-state index contributed by atoms with van der Waals surface area (Å²) < 4.78 is 37.7. The Bertz CT molecular complexity index is 574. The Kier molecular flexibility index (Phi) is 3.75. The second-order valence-corrected chi connectivity index (χ2v) is 4.59. The van der Waals surface area contributed by atoms with E-state index in [-0.39, 0.29) is 23.7 Å². The minimum absolute atomic E-state index is 0.0529. The number of amides is 1. The van der Waals surface area contributed by atoms with E-state index >= 15 is 0 Å². The number of carbonyl (C=O) groups is 2. The maximum atomic E-state index is 12.6. The van der Waals surface area contributed by atoms with Crippen molar-refractivity contribution in [1.82, 2.24) is 0 Å². The van der Waals surface area contributed by atoms with E-state index in [1.54, 1.807) is 0 Å². The third-order valence-corrected chi connectivity index (χ3v) is 3.23. The van der Waals surface area contributed by atoms with Crippen LogP contribution < -0.4 is 4.90 Å². The van der Waals surface area contributed by atoms with E-state index in [1.165, 1.54) is 0 Å². The number of halogens is 4. The van der Waals surface area contributed by atoms with Crippen LogP contribution in [0, 0.1) is 0 Å². The Morgan fingerprint density at radius 3 is 2.50 bits per heavy atom. The van der Waals surface area contributed by atoms with Crippen molar-refractivity contribution in [3.8, 4) is 0 Å². The summed E-state index contributed by atoms with van der Waals surface area (Å²) in [6.07, 6.45) is -5.66. The summed E-state index contributed by atoms with van der Waals surface area (Å²) in [6.45, 7) is -0.244. The molecule has 1 aliphatic rings. The lowest BCUT2D eigenvalue weighted by Crippen LogP contribution is -2.37. The van der Waals surface area contributed by atoms with Crippen LogP contribution in [0.2, 0.25) is 0 Å². The van der Waals surface area contributed by atoms with Gasteiger partial charge in [0.1, 0.15) is 0 Å². The molecule has 1 aromatic carbocycles. The van der Waals surface area contributed by atoms with Crippen LogP contribution in [0.3, 0.4) is 0 Å². The molecule has 1 unspecified atom stereocenters. The van der Waals surface area contributed by atoms with Gasteiger partial charge in [-0.1, -0.05) is 0 Å². The first-order valence-corrected chi connectivity index (χ1v) is 6.10. The monoisotopic (exact) mass is 307 g/mol. The molecule has 1 amide bonds. The number of aliphatic hydroxyl groups is 1. The highest BCUT2D eigenvalue weighted by molar-refractivity contribution is 6.52. The number of hydrogen-bond acceptors (Lipinski definition) is 3. The van der Waals surface area contributed by atoms with Crippen molar-refractivity contribution in [3.63, 3.8) is 0 Å². The number of ketones is 1. The maximum Gasteiger partial charge on any atom is 0.416 e. The summed E-state index contributed by atoms with van der Waals surface area (Å²) in [7, 11) is 0. The number of rotatable bonds is 3. The summed E-state index contributed by atoms with van der Waals surface area (Å²) in [5.74, 6) is -2.15. The molecule has 1 aromatic rings. The van der Waals surface area contributed by atoms with E-state index in [2.05, 4.69) is 0 Å². The number of β-amino-alcohol motifs (C(OH)–C–C–N with tert-alkyl or cyclic N) is 1. The average Bonchev–Trinajstić information content (AvgIpc) is 2.62. The van der Waals surface area contributed by atoms with Gasteiger partial charge in [0.2, 0.25) is 0 Å².